The van der Waals surface area contributed by atoms with Crippen LogP contribution in [-0.4, -0.2) is 32.2 Å². The van der Waals surface area contributed by atoms with Gasteiger partial charge in [0.2, 0.25) is 0 Å². The highest BCUT2D eigenvalue weighted by Crippen LogP contribution is 2.41. The zero-order valence-corrected chi connectivity index (χ0v) is 13.6. The molecule has 0 radical (unpaired) electrons. The third-order valence-electron chi connectivity index (χ3n) is 4.86. The van der Waals surface area contributed by atoms with E-state index in [1.54, 1.807) is 60.8 Å². The van der Waals surface area contributed by atoms with Gasteiger partial charge in [-0.1, -0.05) is 12.1 Å². The second kappa shape index (κ2) is 5.08. The lowest BCUT2D eigenvalue weighted by molar-refractivity contribution is -0.356. The molecular weight excluding hydrogens is 335 g/mol. The fraction of sp³-hybridized carbons (Fsp3) is 0. The molecule has 0 atom stereocenters. The summed E-state index contributed by atoms with van der Waals surface area (Å²) in [6, 6.07) is 13.6. The van der Waals surface area contributed by atoms with E-state index in [1.165, 1.54) is 6.21 Å². The molecule has 0 fully saturated rings. The minimum atomic E-state index is -4.03. The first-order chi connectivity index (χ1) is 12.6. The van der Waals surface area contributed by atoms with Crippen LogP contribution >= 0.6 is 0 Å². The molecule has 2 aromatic heterocycles. The smallest absolute Gasteiger partial charge is 0.508 e. The van der Waals surface area contributed by atoms with Crippen molar-refractivity contribution >= 4 is 18.8 Å². The minimum absolute atomic E-state index is 0.0960. The Morgan fingerprint density at radius 1 is 1.04 bits per heavy atom. The number of phenols is 1. The van der Waals surface area contributed by atoms with Crippen LogP contribution in [0.2, 0.25) is 0 Å². The summed E-state index contributed by atoms with van der Waals surface area (Å²) in [5.41, 5.74) is 3.27. The predicted octanol–water partition coefficient (Wildman–Crippen LogP) is 3.84. The summed E-state index contributed by atoms with van der Waals surface area (Å²) in [6.07, 6.45) is 6.41. The Kier molecular flexibility index (Phi) is 2.92. The molecule has 0 aliphatic carbocycles. The third-order valence-corrected chi connectivity index (χ3v) is 4.86. The van der Waals surface area contributed by atoms with Gasteiger partial charge in [0.1, 0.15) is 12.0 Å². The van der Waals surface area contributed by atoms with Crippen LogP contribution in [0.4, 0.5) is 8.63 Å². The fourth-order valence-corrected chi connectivity index (χ4v) is 3.79. The normalized spacial score (nSPS) is 17.2. The van der Waals surface area contributed by atoms with E-state index in [1.807, 2.05) is 6.07 Å². The molecule has 0 saturated heterocycles. The Morgan fingerprint density at radius 3 is 2.65 bits per heavy atom. The Labute approximate surface area is 148 Å². The van der Waals surface area contributed by atoms with Gasteiger partial charge in [0, 0.05) is 29.7 Å². The van der Waals surface area contributed by atoms with Gasteiger partial charge in [0.25, 0.3) is 0 Å². The molecule has 128 valence electrons. The average molecular weight is 349 g/mol. The van der Waals surface area contributed by atoms with Crippen molar-refractivity contribution in [3.8, 4) is 17.1 Å². The van der Waals surface area contributed by atoms with Gasteiger partial charge in [-0.3, -0.25) is 0 Å². The summed E-state index contributed by atoms with van der Waals surface area (Å²) in [6.45, 7) is -4.03. The van der Waals surface area contributed by atoms with Crippen molar-refractivity contribution in [2.45, 2.75) is 0 Å². The van der Waals surface area contributed by atoms with Crippen LogP contribution in [0, 0.1) is 0 Å². The van der Waals surface area contributed by atoms with Crippen molar-refractivity contribution < 1.29 is 18.2 Å². The van der Waals surface area contributed by atoms with E-state index in [0.717, 1.165) is 8.96 Å². The van der Waals surface area contributed by atoms with E-state index in [9.17, 15) is 5.11 Å². The first kappa shape index (κ1) is 15.0. The third kappa shape index (κ3) is 1.91. The molecule has 0 bridgehead atoms. The molecule has 4 nitrogen and oxygen atoms in total. The van der Waals surface area contributed by atoms with Gasteiger partial charge >= 0.3 is 6.97 Å². The highest BCUT2D eigenvalue weighted by molar-refractivity contribution is 6.58. The van der Waals surface area contributed by atoms with Crippen LogP contribution in [0.1, 0.15) is 11.3 Å². The number of rotatable bonds is 2. The quantitative estimate of drug-likeness (QED) is 0.679. The molecule has 2 aliphatic heterocycles. The molecular formula is C19H14BF2N3O. The molecule has 0 amide bonds. The lowest BCUT2D eigenvalue weighted by Crippen LogP contribution is -2.49. The number of H-pyrrole nitrogens is 1. The minimum Gasteiger partial charge on any atom is -0.508 e. The van der Waals surface area contributed by atoms with Crippen molar-refractivity contribution in [3.63, 3.8) is 0 Å². The van der Waals surface area contributed by atoms with Gasteiger partial charge in [-0.2, -0.15) is 0 Å². The number of hydrogen-bond acceptors (Lipinski definition) is 1. The van der Waals surface area contributed by atoms with Gasteiger partial charge in [-0.15, -0.1) is 0 Å². The molecule has 7 heteroatoms. The van der Waals surface area contributed by atoms with Crippen LogP contribution in [-0.2, 0) is 0 Å². The van der Waals surface area contributed by atoms with Gasteiger partial charge in [-0.25, -0.2) is 0 Å². The topological polar surface area (TPSA) is 44.0 Å². The van der Waals surface area contributed by atoms with Crippen LogP contribution in [0.25, 0.3) is 17.0 Å². The van der Waals surface area contributed by atoms with Crippen molar-refractivity contribution in [1.29, 1.82) is 0 Å². The van der Waals surface area contributed by atoms with Crippen molar-refractivity contribution in [2.75, 3.05) is 0 Å². The lowest BCUT2D eigenvalue weighted by Gasteiger charge is -2.32. The summed E-state index contributed by atoms with van der Waals surface area (Å²) in [7, 11) is 0. The van der Waals surface area contributed by atoms with Crippen molar-refractivity contribution in [1.82, 2.24) is 9.46 Å². The van der Waals surface area contributed by atoms with Crippen LogP contribution in [0.3, 0.4) is 0 Å². The van der Waals surface area contributed by atoms with Gasteiger partial charge < -0.3 is 27.7 Å². The number of benzene rings is 1. The molecule has 0 saturated carbocycles. The number of aromatic amines is 1. The Morgan fingerprint density at radius 2 is 1.88 bits per heavy atom. The summed E-state index contributed by atoms with van der Waals surface area (Å²) >= 11 is 0. The van der Waals surface area contributed by atoms with Crippen LogP contribution in [0.15, 0.2) is 72.6 Å². The molecule has 4 heterocycles. The van der Waals surface area contributed by atoms with Crippen molar-refractivity contribution in [2.24, 2.45) is 0 Å². The predicted molar refractivity (Wildman–Crippen MR) is 97.2 cm³/mol. The molecule has 0 spiro atoms. The standard InChI is InChI=1S/C19H14BF2N3O/c21-20(22)24-11-3-7-17(24)19(13-4-1-5-14(26)12-13)18-9-8-16(25(18)20)15-6-2-10-23-15/h1-12,23,26H. The maximum Gasteiger partial charge on any atom is 0.737 e. The zero-order chi connectivity index (χ0) is 17.9. The van der Waals surface area contributed by atoms with Gasteiger partial charge in [0.15, 0.2) is 5.70 Å². The maximum absolute atomic E-state index is 15.4. The number of fused-ring (bicyclic) bond motifs is 2. The first-order valence-corrected chi connectivity index (χ1v) is 8.29. The van der Waals surface area contributed by atoms with Crippen molar-refractivity contribution in [3.05, 3.63) is 83.8 Å². The second-order valence-electron chi connectivity index (χ2n) is 6.37. The number of phenolic OH excluding ortho intramolecular Hbond substituents is 1. The molecule has 3 aromatic rings. The molecule has 1 aromatic carbocycles. The van der Waals surface area contributed by atoms with E-state index in [2.05, 4.69) is 4.98 Å². The number of allylic oxidation sites excluding steroid dienone is 2. The molecule has 5 rings (SSSR count). The first-order valence-electron chi connectivity index (χ1n) is 8.29. The summed E-state index contributed by atoms with van der Waals surface area (Å²) in [5.74, 6) is 0.0960. The van der Waals surface area contributed by atoms with E-state index < -0.39 is 6.97 Å². The van der Waals surface area contributed by atoms with E-state index in [-0.39, 0.29) is 5.75 Å². The Balaban J connectivity index is 1.85. The Bertz CT molecular complexity index is 1120. The highest BCUT2D eigenvalue weighted by Gasteiger charge is 2.52. The number of aromatic hydroxyl groups is 1. The summed E-state index contributed by atoms with van der Waals surface area (Å²) in [4.78, 5) is 3.01. The maximum atomic E-state index is 15.4. The highest BCUT2D eigenvalue weighted by atomic mass is 19.2. The number of nitrogens with one attached hydrogen (secondary N) is 1. The van der Waals surface area contributed by atoms with Crippen LogP contribution < -0.4 is 0 Å². The second-order valence-corrected chi connectivity index (χ2v) is 6.37. The summed E-state index contributed by atoms with van der Waals surface area (Å²) < 4.78 is 32.9. The number of aromatic nitrogens is 2. The molecule has 0 unspecified atom stereocenters. The van der Waals surface area contributed by atoms with Gasteiger partial charge in [0.05, 0.1) is 11.3 Å². The zero-order valence-electron chi connectivity index (χ0n) is 13.6. The Hall–Kier alpha value is -3.35. The van der Waals surface area contributed by atoms with E-state index >= 15 is 8.63 Å². The SMILES string of the molecule is Oc1cccc(C2=C3C=CC=[N+]3[B-](F)(F)n3c2ccc3-c2ccc[nH]2)c1. The summed E-state index contributed by atoms with van der Waals surface area (Å²) in [5, 5.41) is 9.87. The lowest BCUT2D eigenvalue weighted by atomic mass is 9.86. The van der Waals surface area contributed by atoms with Crippen LogP contribution in [0.5, 0.6) is 5.75 Å². The molecule has 26 heavy (non-hydrogen) atoms. The number of hydrogen-bond donors (Lipinski definition) is 2. The number of nitrogens with zero attached hydrogens (tertiary/aromatic N) is 2. The van der Waals surface area contributed by atoms with Gasteiger partial charge in [-0.05, 0) is 42.0 Å². The molecule has 2 N–H and O–H groups in total. The monoisotopic (exact) mass is 349 g/mol. The van der Waals surface area contributed by atoms with E-state index in [4.69, 9.17) is 0 Å². The average Bonchev–Trinajstić information content (AvgIpc) is 3.35. The molecule has 2 aliphatic rings. The fourth-order valence-electron chi connectivity index (χ4n) is 3.79. The largest absolute Gasteiger partial charge is 0.737 e. The number of halogens is 2. The van der Waals surface area contributed by atoms with E-state index in [0.29, 0.717) is 33.9 Å².